The van der Waals surface area contributed by atoms with E-state index in [0.29, 0.717) is 12.3 Å². The van der Waals surface area contributed by atoms with Gasteiger partial charge in [0, 0.05) is 5.92 Å². The summed E-state index contributed by atoms with van der Waals surface area (Å²) in [4.78, 5) is 27.3. The molecule has 1 saturated carbocycles. The fourth-order valence-electron chi connectivity index (χ4n) is 6.39. The molecule has 0 saturated heterocycles. The maximum Gasteiger partial charge on any atom is 0.408 e. The molecule has 0 bridgehead atoms. The number of carbonyl (C=O) groups is 2. The van der Waals surface area contributed by atoms with Gasteiger partial charge in [0.1, 0.15) is 12.7 Å². The van der Waals surface area contributed by atoms with Crippen LogP contribution >= 0.6 is 0 Å². The fourth-order valence-corrected chi connectivity index (χ4v) is 6.39. The van der Waals surface area contributed by atoms with Crippen molar-refractivity contribution >= 4 is 12.1 Å². The number of alkyl carbamates (subject to hydrolysis) is 1. The standard InChI is InChI=1S/C38H55NO4/c1-6-8-9-10-11-12-13-20-27-38(7-2,39-36(41)42-29-31-21-16-14-17-22-31)35(40)43-34-28-30(3)25-26-33(34)37(4,5)32-23-18-15-19-24-32/h14-24,27,30,33-34H,6-13,25-26,28-29H2,1-5H3,(H,39,41)/b27-20+/t30-,33-,34-,38-/m1/s1. The summed E-state index contributed by atoms with van der Waals surface area (Å²) in [5.41, 5.74) is 0.677. The normalized spacial score (nSPS) is 20.3. The van der Waals surface area contributed by atoms with Gasteiger partial charge < -0.3 is 14.8 Å². The maximum atomic E-state index is 14.2. The average Bonchev–Trinajstić information content (AvgIpc) is 3.01. The van der Waals surface area contributed by atoms with E-state index in [9.17, 15) is 9.59 Å². The van der Waals surface area contributed by atoms with E-state index < -0.39 is 17.6 Å². The van der Waals surface area contributed by atoms with Gasteiger partial charge in [0.2, 0.25) is 0 Å². The first-order chi connectivity index (χ1) is 20.7. The highest BCUT2D eigenvalue weighted by Gasteiger charge is 2.45. The molecule has 1 fully saturated rings. The van der Waals surface area contributed by atoms with Gasteiger partial charge in [-0.05, 0) is 54.6 Å². The van der Waals surface area contributed by atoms with Gasteiger partial charge in [0.25, 0.3) is 0 Å². The van der Waals surface area contributed by atoms with Crippen LogP contribution in [0, 0.1) is 11.8 Å². The molecule has 1 aliphatic carbocycles. The van der Waals surface area contributed by atoms with Crippen molar-refractivity contribution in [2.45, 2.75) is 129 Å². The van der Waals surface area contributed by atoms with Crippen molar-refractivity contribution in [2.75, 3.05) is 0 Å². The molecule has 1 aliphatic rings. The Labute approximate surface area is 260 Å². The lowest BCUT2D eigenvalue weighted by Gasteiger charge is -2.45. The summed E-state index contributed by atoms with van der Waals surface area (Å²) in [5, 5.41) is 2.93. The van der Waals surface area contributed by atoms with E-state index in [1.165, 1.54) is 31.2 Å². The number of rotatable bonds is 16. The molecule has 2 aromatic rings. The second-order valence-corrected chi connectivity index (χ2v) is 13.0. The topological polar surface area (TPSA) is 64.6 Å². The summed E-state index contributed by atoms with van der Waals surface area (Å²) in [6.45, 7) is 11.0. The number of ether oxygens (including phenoxy) is 2. The molecule has 236 valence electrons. The minimum absolute atomic E-state index is 0.135. The smallest absolute Gasteiger partial charge is 0.408 e. The van der Waals surface area contributed by atoms with Crippen LogP contribution < -0.4 is 5.32 Å². The number of carbonyl (C=O) groups excluding carboxylic acids is 2. The zero-order chi connectivity index (χ0) is 31.1. The van der Waals surface area contributed by atoms with Crippen molar-refractivity contribution in [1.29, 1.82) is 0 Å². The number of benzene rings is 2. The van der Waals surface area contributed by atoms with Crippen LogP contribution in [0.25, 0.3) is 0 Å². The first-order valence-electron chi connectivity index (χ1n) is 16.6. The third-order valence-electron chi connectivity index (χ3n) is 9.34. The van der Waals surface area contributed by atoms with E-state index in [4.69, 9.17) is 9.47 Å². The summed E-state index contributed by atoms with van der Waals surface area (Å²) < 4.78 is 12.0. The molecule has 5 heteroatoms. The Kier molecular flexibility index (Phi) is 13.8. The van der Waals surface area contributed by atoms with Crippen molar-refractivity contribution in [3.63, 3.8) is 0 Å². The van der Waals surface area contributed by atoms with Gasteiger partial charge in [-0.3, -0.25) is 0 Å². The van der Waals surface area contributed by atoms with Crippen LogP contribution in [-0.4, -0.2) is 23.7 Å². The summed E-state index contributed by atoms with van der Waals surface area (Å²) in [6.07, 6.45) is 14.4. The van der Waals surface area contributed by atoms with Crippen LogP contribution in [-0.2, 0) is 26.3 Å². The highest BCUT2D eigenvalue weighted by Crippen LogP contribution is 2.44. The van der Waals surface area contributed by atoms with Gasteiger partial charge >= 0.3 is 12.1 Å². The summed E-state index contributed by atoms with van der Waals surface area (Å²) >= 11 is 0. The highest BCUT2D eigenvalue weighted by atomic mass is 16.6. The molecule has 0 spiro atoms. The van der Waals surface area contributed by atoms with Gasteiger partial charge in [-0.2, -0.15) is 0 Å². The molecule has 4 atom stereocenters. The van der Waals surface area contributed by atoms with Gasteiger partial charge in [0.15, 0.2) is 5.54 Å². The summed E-state index contributed by atoms with van der Waals surface area (Å²) in [7, 11) is 0. The van der Waals surface area contributed by atoms with Crippen LogP contribution in [0.3, 0.4) is 0 Å². The predicted octanol–water partition coefficient (Wildman–Crippen LogP) is 9.69. The summed E-state index contributed by atoms with van der Waals surface area (Å²) in [6, 6.07) is 20.1. The predicted molar refractivity (Wildman–Crippen MR) is 176 cm³/mol. The number of amides is 1. The monoisotopic (exact) mass is 589 g/mol. The van der Waals surface area contributed by atoms with Crippen molar-refractivity contribution in [3.05, 3.63) is 83.9 Å². The Hall–Kier alpha value is -3.08. The molecule has 3 rings (SSSR count). The second-order valence-electron chi connectivity index (χ2n) is 13.0. The molecule has 0 aliphatic heterocycles. The van der Waals surface area contributed by atoms with Gasteiger partial charge in [-0.25, -0.2) is 9.59 Å². The third kappa shape index (κ3) is 10.3. The van der Waals surface area contributed by atoms with Crippen LogP contribution in [0.2, 0.25) is 0 Å². The Morgan fingerprint density at radius 3 is 2.23 bits per heavy atom. The number of esters is 1. The van der Waals surface area contributed by atoms with Crippen molar-refractivity contribution in [1.82, 2.24) is 5.32 Å². The molecule has 43 heavy (non-hydrogen) atoms. The quantitative estimate of drug-likeness (QED) is 0.120. The molecular weight excluding hydrogens is 534 g/mol. The lowest BCUT2D eigenvalue weighted by atomic mass is 9.64. The Morgan fingerprint density at radius 2 is 1.56 bits per heavy atom. The van der Waals surface area contributed by atoms with Crippen LogP contribution in [0.15, 0.2) is 72.8 Å². The Morgan fingerprint density at radius 1 is 0.907 bits per heavy atom. The zero-order valence-corrected chi connectivity index (χ0v) is 27.3. The SMILES string of the molecule is CCCCCCCC/C=C/[C@@](CC)(NC(=O)OCc1ccccc1)C(=O)O[C@@H]1C[C@H](C)CC[C@H]1C(C)(C)c1ccccc1. The Bertz CT molecular complexity index is 1130. The molecule has 0 aromatic heterocycles. The van der Waals surface area contributed by atoms with Gasteiger partial charge in [-0.1, -0.05) is 146 Å². The van der Waals surface area contributed by atoms with Crippen molar-refractivity contribution in [2.24, 2.45) is 11.8 Å². The number of hydrogen-bond donors (Lipinski definition) is 1. The van der Waals surface area contributed by atoms with Gasteiger partial charge in [0.05, 0.1) is 0 Å². The van der Waals surface area contributed by atoms with Crippen LogP contribution in [0.4, 0.5) is 4.79 Å². The van der Waals surface area contributed by atoms with Gasteiger partial charge in [-0.15, -0.1) is 0 Å². The molecule has 1 amide bonds. The molecular formula is C38H55NO4. The van der Waals surface area contributed by atoms with E-state index in [1.54, 1.807) is 0 Å². The molecule has 0 heterocycles. The molecule has 1 N–H and O–H groups in total. The van der Waals surface area contributed by atoms with E-state index in [1.807, 2.05) is 55.5 Å². The minimum atomic E-state index is -1.29. The zero-order valence-electron chi connectivity index (χ0n) is 27.3. The van der Waals surface area contributed by atoms with E-state index in [0.717, 1.165) is 44.1 Å². The van der Waals surface area contributed by atoms with Crippen LogP contribution in [0.5, 0.6) is 0 Å². The third-order valence-corrected chi connectivity index (χ3v) is 9.34. The number of allylic oxidation sites excluding steroid dienone is 1. The van der Waals surface area contributed by atoms with E-state index in [-0.39, 0.29) is 24.0 Å². The number of hydrogen-bond acceptors (Lipinski definition) is 4. The minimum Gasteiger partial charge on any atom is -0.460 e. The fraction of sp³-hybridized carbons (Fsp3) is 0.579. The summed E-state index contributed by atoms with van der Waals surface area (Å²) in [5.74, 6) is 0.226. The Balaban J connectivity index is 1.78. The first kappa shape index (κ1) is 34.4. The lowest BCUT2D eigenvalue weighted by molar-refractivity contribution is -0.162. The van der Waals surface area contributed by atoms with Crippen LogP contribution in [0.1, 0.15) is 116 Å². The lowest BCUT2D eigenvalue weighted by Crippen LogP contribution is -2.55. The maximum absolute atomic E-state index is 14.2. The first-order valence-corrected chi connectivity index (χ1v) is 16.6. The van der Waals surface area contributed by atoms with E-state index in [2.05, 4.69) is 57.3 Å². The number of unbranched alkanes of at least 4 members (excludes halogenated alkanes) is 6. The molecule has 5 nitrogen and oxygen atoms in total. The molecule has 0 radical (unpaired) electrons. The second kappa shape index (κ2) is 17.3. The molecule has 0 unspecified atom stereocenters. The average molecular weight is 590 g/mol. The van der Waals surface area contributed by atoms with E-state index >= 15 is 0 Å². The number of nitrogens with one attached hydrogen (secondary N) is 1. The highest BCUT2D eigenvalue weighted by molar-refractivity contribution is 5.88. The van der Waals surface area contributed by atoms with Crippen molar-refractivity contribution in [3.8, 4) is 0 Å². The van der Waals surface area contributed by atoms with Crippen molar-refractivity contribution < 1.29 is 19.1 Å². The largest absolute Gasteiger partial charge is 0.460 e. The molecule has 2 aromatic carbocycles.